The van der Waals surface area contributed by atoms with Gasteiger partial charge in [-0.3, -0.25) is 19.2 Å². The summed E-state index contributed by atoms with van der Waals surface area (Å²) in [6.07, 6.45) is -6.92. The average molecular weight is 417 g/mol. The van der Waals surface area contributed by atoms with Crippen LogP contribution in [0.3, 0.4) is 0 Å². The Morgan fingerprint density at radius 1 is 0.966 bits per heavy atom. The van der Waals surface area contributed by atoms with Crippen molar-refractivity contribution in [2.45, 2.75) is 57.8 Å². The molecule has 5 atom stereocenters. The molecule has 1 saturated heterocycles. The zero-order chi connectivity index (χ0) is 22.4. The van der Waals surface area contributed by atoms with Crippen LogP contribution in [0, 0.1) is 0 Å². The number of hydrogen-bond acceptors (Lipinski definition) is 11. The van der Waals surface area contributed by atoms with Crippen LogP contribution in [0.25, 0.3) is 10.4 Å². The Labute approximate surface area is 163 Å². The largest absolute Gasteiger partial charge is 0.479 e. The highest BCUT2D eigenvalue weighted by atomic mass is 16.7. The lowest BCUT2D eigenvalue weighted by Gasteiger charge is -2.47. The van der Waals surface area contributed by atoms with E-state index in [2.05, 4.69) is 10.0 Å². The molecule has 160 valence electrons. The van der Waals surface area contributed by atoms with Crippen LogP contribution in [0.15, 0.2) is 5.11 Å². The van der Waals surface area contributed by atoms with Crippen LogP contribution < -0.4 is 0 Å². The summed E-state index contributed by atoms with van der Waals surface area (Å²) in [4.78, 5) is 60.3. The number of nitrogens with zero attached hydrogens (tertiary/aromatic N) is 3. The van der Waals surface area contributed by atoms with Gasteiger partial charge in [-0.15, -0.1) is 0 Å². The van der Waals surface area contributed by atoms with E-state index in [0.29, 0.717) is 0 Å². The molecule has 1 aliphatic heterocycles. The van der Waals surface area contributed by atoms with E-state index in [9.17, 15) is 29.1 Å². The van der Waals surface area contributed by atoms with Gasteiger partial charge in [0.1, 0.15) is 12.7 Å². The van der Waals surface area contributed by atoms with Crippen molar-refractivity contribution in [3.63, 3.8) is 0 Å². The molecule has 1 rings (SSSR count). The van der Waals surface area contributed by atoms with Crippen LogP contribution in [0.1, 0.15) is 27.7 Å². The molecule has 14 heteroatoms. The number of rotatable bonds is 7. The fourth-order valence-corrected chi connectivity index (χ4v) is 2.64. The number of carboxylic acid groups (broad SMARTS) is 1. The molecule has 1 fully saturated rings. The lowest BCUT2D eigenvalue weighted by Crippen LogP contribution is -2.69. The summed E-state index contributed by atoms with van der Waals surface area (Å²) in [5.41, 5.74) is 5.95. The minimum Gasteiger partial charge on any atom is -0.479 e. The lowest BCUT2D eigenvalue weighted by atomic mass is 9.90. The van der Waals surface area contributed by atoms with Crippen molar-refractivity contribution in [2.24, 2.45) is 5.11 Å². The average Bonchev–Trinajstić information content (AvgIpc) is 2.57. The first-order chi connectivity index (χ1) is 13.4. The van der Waals surface area contributed by atoms with Gasteiger partial charge in [-0.1, -0.05) is 0 Å². The van der Waals surface area contributed by atoms with Gasteiger partial charge >= 0.3 is 29.8 Å². The molecule has 1 heterocycles. The van der Waals surface area contributed by atoms with Crippen molar-refractivity contribution in [3.05, 3.63) is 10.4 Å². The number of azide groups is 1. The Balaban J connectivity index is 3.64. The van der Waals surface area contributed by atoms with Gasteiger partial charge in [-0.2, -0.15) is 0 Å². The Hall–Kier alpha value is -3.38. The summed E-state index contributed by atoms with van der Waals surface area (Å²) >= 11 is 0. The van der Waals surface area contributed by atoms with Crippen molar-refractivity contribution in [1.29, 1.82) is 0 Å². The molecule has 0 aromatic heterocycles. The highest BCUT2D eigenvalue weighted by Gasteiger charge is 2.64. The Morgan fingerprint density at radius 3 is 1.90 bits per heavy atom. The SMILES string of the molecule is CC(=O)OC[C@H]1O[C@](N=[N+]=[N-])(C(=O)O)[C@H](OC(C)=O)[C@@H](OC(C)=O)[C@H]1OC(C)=O. The van der Waals surface area contributed by atoms with Gasteiger partial charge < -0.3 is 28.8 Å². The topological polar surface area (TPSA) is 200 Å². The molecular formula is C15H19N3O11. The van der Waals surface area contributed by atoms with Crippen molar-refractivity contribution in [2.75, 3.05) is 6.61 Å². The Morgan fingerprint density at radius 2 is 1.48 bits per heavy atom. The standard InChI is InChI=1S/C15H19N3O11/c1-6(19)25-5-10-11(26-7(2)20)12(27-8(3)21)13(28-9(4)22)15(29-10,14(23)24)17-18-16/h10-13H,5H2,1-4H3,(H,23,24)/t10-,11+,12+,13-,15+/m1/s1. The summed E-state index contributed by atoms with van der Waals surface area (Å²) < 4.78 is 25.1. The predicted molar refractivity (Wildman–Crippen MR) is 87.7 cm³/mol. The van der Waals surface area contributed by atoms with Crippen molar-refractivity contribution in [3.8, 4) is 0 Å². The Bertz CT molecular complexity index is 744. The second kappa shape index (κ2) is 9.71. The maximum Gasteiger partial charge on any atom is 0.346 e. The number of esters is 4. The maximum atomic E-state index is 12.0. The quantitative estimate of drug-likeness (QED) is 0.189. The molecule has 0 amide bonds. The molecule has 0 aliphatic carbocycles. The third kappa shape index (κ3) is 5.80. The first-order valence-corrected chi connectivity index (χ1v) is 8.07. The van der Waals surface area contributed by atoms with E-state index in [1.165, 1.54) is 0 Å². The molecule has 0 radical (unpaired) electrons. The summed E-state index contributed by atoms with van der Waals surface area (Å²) in [5, 5.41) is 12.8. The molecule has 0 aromatic carbocycles. The summed E-state index contributed by atoms with van der Waals surface area (Å²) in [6.45, 7) is 3.27. The zero-order valence-corrected chi connectivity index (χ0v) is 15.9. The van der Waals surface area contributed by atoms with Crippen LogP contribution in [-0.2, 0) is 47.7 Å². The Kier molecular flexibility index (Phi) is 7.92. The van der Waals surface area contributed by atoms with Gasteiger partial charge in [-0.05, 0) is 10.6 Å². The fraction of sp³-hybridized carbons (Fsp3) is 0.667. The van der Waals surface area contributed by atoms with E-state index >= 15 is 0 Å². The number of ether oxygens (including phenoxy) is 5. The normalized spacial score (nSPS) is 28.3. The number of hydrogen-bond donors (Lipinski definition) is 1. The third-order valence-corrected chi connectivity index (χ3v) is 3.55. The van der Waals surface area contributed by atoms with Crippen LogP contribution in [0.2, 0.25) is 0 Å². The molecule has 1 N–H and O–H groups in total. The van der Waals surface area contributed by atoms with E-state index < -0.39 is 66.6 Å². The van der Waals surface area contributed by atoms with E-state index in [4.69, 9.17) is 29.2 Å². The minimum atomic E-state index is -2.91. The van der Waals surface area contributed by atoms with Gasteiger partial charge in [0.15, 0.2) is 18.3 Å². The summed E-state index contributed by atoms with van der Waals surface area (Å²) in [7, 11) is 0. The maximum absolute atomic E-state index is 12.0. The summed E-state index contributed by atoms with van der Waals surface area (Å²) in [5.74, 6) is -5.57. The van der Waals surface area contributed by atoms with E-state index in [0.717, 1.165) is 27.7 Å². The lowest BCUT2D eigenvalue weighted by molar-refractivity contribution is -0.282. The van der Waals surface area contributed by atoms with Crippen molar-refractivity contribution < 1.29 is 52.8 Å². The summed E-state index contributed by atoms with van der Waals surface area (Å²) in [6, 6.07) is 0. The number of carbonyl (C=O) groups excluding carboxylic acids is 4. The second-order valence-electron chi connectivity index (χ2n) is 5.83. The molecule has 0 bridgehead atoms. The zero-order valence-electron chi connectivity index (χ0n) is 15.9. The predicted octanol–water partition coefficient (Wildman–Crippen LogP) is -0.165. The smallest absolute Gasteiger partial charge is 0.346 e. The molecular weight excluding hydrogens is 398 g/mol. The second-order valence-corrected chi connectivity index (χ2v) is 5.83. The third-order valence-electron chi connectivity index (χ3n) is 3.55. The van der Waals surface area contributed by atoms with Crippen molar-refractivity contribution >= 4 is 29.8 Å². The van der Waals surface area contributed by atoms with Crippen molar-refractivity contribution in [1.82, 2.24) is 0 Å². The van der Waals surface area contributed by atoms with E-state index in [1.807, 2.05) is 0 Å². The molecule has 29 heavy (non-hydrogen) atoms. The van der Waals surface area contributed by atoms with Crippen LogP contribution in [-0.4, -0.2) is 71.7 Å². The van der Waals surface area contributed by atoms with Gasteiger partial charge in [0, 0.05) is 32.6 Å². The van der Waals surface area contributed by atoms with E-state index in [-0.39, 0.29) is 0 Å². The van der Waals surface area contributed by atoms with Gasteiger partial charge in [0.2, 0.25) is 0 Å². The molecule has 0 saturated carbocycles. The number of carbonyl (C=O) groups is 5. The van der Waals surface area contributed by atoms with Gasteiger partial charge in [0.05, 0.1) is 0 Å². The molecule has 0 unspecified atom stereocenters. The number of aliphatic carboxylic acids is 1. The highest BCUT2D eigenvalue weighted by Crippen LogP contribution is 2.37. The van der Waals surface area contributed by atoms with Crippen LogP contribution in [0.5, 0.6) is 0 Å². The number of carboxylic acids is 1. The molecule has 1 aliphatic rings. The molecule has 0 spiro atoms. The first-order valence-electron chi connectivity index (χ1n) is 8.07. The van der Waals surface area contributed by atoms with Gasteiger partial charge in [0.25, 0.3) is 5.72 Å². The fourth-order valence-electron chi connectivity index (χ4n) is 2.64. The molecule has 0 aromatic rings. The van der Waals surface area contributed by atoms with Crippen LogP contribution >= 0.6 is 0 Å². The monoisotopic (exact) mass is 417 g/mol. The highest BCUT2D eigenvalue weighted by molar-refractivity contribution is 5.80. The van der Waals surface area contributed by atoms with E-state index in [1.54, 1.807) is 0 Å². The minimum absolute atomic E-state index is 0.659. The van der Waals surface area contributed by atoms with Crippen LogP contribution in [0.4, 0.5) is 0 Å². The van der Waals surface area contributed by atoms with Gasteiger partial charge in [-0.25, -0.2) is 4.79 Å². The first kappa shape index (κ1) is 23.7. The molecule has 14 nitrogen and oxygen atoms in total.